The number of rotatable bonds is 6. The number of nitrogens with zero attached hydrogens (tertiary/aromatic N) is 2. The summed E-state index contributed by atoms with van der Waals surface area (Å²) in [7, 11) is 2.08. The first-order valence-corrected chi connectivity index (χ1v) is 9.67. The molecule has 0 aliphatic rings. The van der Waals surface area contributed by atoms with Crippen LogP contribution >= 0.6 is 11.8 Å². The average Bonchev–Trinajstić information content (AvgIpc) is 2.90. The van der Waals surface area contributed by atoms with E-state index in [0.717, 1.165) is 40.4 Å². The molecule has 0 radical (unpaired) electrons. The zero-order valence-corrected chi connectivity index (χ0v) is 15.5. The van der Waals surface area contributed by atoms with Crippen LogP contribution < -0.4 is 5.32 Å². The topological polar surface area (TPSA) is 29.9 Å². The molecule has 0 aliphatic heterocycles. The minimum absolute atomic E-state index is 0.219. The Balaban J connectivity index is 2.32. The Hall–Kier alpha value is -2.27. The summed E-state index contributed by atoms with van der Waals surface area (Å²) in [6.07, 6.45) is 5.71. The van der Waals surface area contributed by atoms with Crippen molar-refractivity contribution in [2.75, 3.05) is 18.1 Å². The molecule has 2 heterocycles. The number of benzene rings is 1. The molecular weight excluding hydrogens is 333 g/mol. The lowest BCUT2D eigenvalue weighted by atomic mass is 9.97. The molecule has 2 aromatic heterocycles. The normalized spacial score (nSPS) is 10.9. The van der Waals surface area contributed by atoms with Crippen molar-refractivity contribution in [2.45, 2.75) is 12.7 Å². The van der Waals surface area contributed by atoms with Gasteiger partial charge in [-0.3, -0.25) is 4.98 Å². The summed E-state index contributed by atoms with van der Waals surface area (Å²) in [6, 6.07) is 10.8. The van der Waals surface area contributed by atoms with Gasteiger partial charge in [0.25, 0.3) is 0 Å². The summed E-state index contributed by atoms with van der Waals surface area (Å²) >= 11 is 1.78. The van der Waals surface area contributed by atoms with Crippen molar-refractivity contribution < 1.29 is 4.39 Å². The van der Waals surface area contributed by atoms with Crippen LogP contribution in [0, 0.1) is 5.82 Å². The molecule has 1 aromatic carbocycles. The molecule has 0 amide bonds. The lowest BCUT2D eigenvalue weighted by molar-refractivity contribution is 0.628. The van der Waals surface area contributed by atoms with E-state index >= 15 is 0 Å². The highest BCUT2D eigenvalue weighted by Gasteiger charge is 2.22. The van der Waals surface area contributed by atoms with Crippen molar-refractivity contribution in [2.24, 2.45) is 7.05 Å². The van der Waals surface area contributed by atoms with Crippen molar-refractivity contribution >= 4 is 17.6 Å². The highest BCUT2D eigenvalue weighted by Crippen LogP contribution is 2.43. The third-order valence-electron chi connectivity index (χ3n) is 4.24. The highest BCUT2D eigenvalue weighted by atomic mass is 32.2. The number of aromatic nitrogens is 2. The maximum atomic E-state index is 13.4. The third-order valence-corrected chi connectivity index (χ3v) is 4.80. The fourth-order valence-corrected chi connectivity index (χ4v) is 3.75. The predicted molar refractivity (Wildman–Crippen MR) is 105 cm³/mol. The second kappa shape index (κ2) is 7.74. The molecule has 25 heavy (non-hydrogen) atoms. The van der Waals surface area contributed by atoms with E-state index in [1.165, 1.54) is 17.8 Å². The minimum Gasteiger partial charge on any atom is -0.371 e. The van der Waals surface area contributed by atoms with Crippen LogP contribution in [-0.2, 0) is 12.8 Å². The summed E-state index contributed by atoms with van der Waals surface area (Å²) < 4.78 is 15.7. The smallest absolute Gasteiger partial charge is 0.123 e. The molecule has 0 saturated heterocycles. The number of nitrogens with one attached hydrogen (secondary N) is 1. The number of anilines is 1. The lowest BCUT2D eigenvalue weighted by Crippen LogP contribution is -2.05. The van der Waals surface area contributed by atoms with Gasteiger partial charge in [0.15, 0.2) is 0 Å². The SMILES string of the molecule is CCNc1c(-c2ccncc2)c(-c2ccc(F)cc2)c(CSC)n1C. The van der Waals surface area contributed by atoms with E-state index in [0.29, 0.717) is 0 Å². The fourth-order valence-electron chi connectivity index (χ4n) is 3.14. The zero-order valence-electron chi connectivity index (χ0n) is 14.7. The van der Waals surface area contributed by atoms with Gasteiger partial charge in [0, 0.05) is 48.6 Å². The predicted octanol–water partition coefficient (Wildman–Crippen LogP) is 5.19. The molecule has 3 rings (SSSR count). The second-order valence-corrected chi connectivity index (χ2v) is 6.68. The number of hydrogen-bond donors (Lipinski definition) is 1. The maximum absolute atomic E-state index is 13.4. The summed E-state index contributed by atoms with van der Waals surface area (Å²) in [5.74, 6) is 1.74. The van der Waals surface area contributed by atoms with Gasteiger partial charge in [-0.05, 0) is 48.6 Å². The van der Waals surface area contributed by atoms with E-state index < -0.39 is 0 Å². The van der Waals surface area contributed by atoms with Gasteiger partial charge in [-0.15, -0.1) is 0 Å². The Morgan fingerprint density at radius 3 is 2.28 bits per heavy atom. The molecule has 0 bridgehead atoms. The molecule has 3 aromatic rings. The average molecular weight is 355 g/mol. The van der Waals surface area contributed by atoms with Crippen LogP contribution in [0.1, 0.15) is 12.6 Å². The standard InChI is InChI=1S/C20H22FN3S/c1-4-23-20-19(15-9-11-22-12-10-15)18(17(13-25-3)24(20)2)14-5-7-16(21)8-6-14/h5-12,23H,4,13H2,1-3H3. The molecular formula is C20H22FN3S. The van der Waals surface area contributed by atoms with Crippen molar-refractivity contribution in [1.29, 1.82) is 0 Å². The fraction of sp³-hybridized carbons (Fsp3) is 0.250. The van der Waals surface area contributed by atoms with Crippen LogP contribution in [0.25, 0.3) is 22.3 Å². The number of hydrogen-bond acceptors (Lipinski definition) is 3. The minimum atomic E-state index is -0.219. The van der Waals surface area contributed by atoms with Gasteiger partial charge in [0.1, 0.15) is 11.6 Å². The van der Waals surface area contributed by atoms with Gasteiger partial charge in [-0.2, -0.15) is 11.8 Å². The molecule has 0 atom stereocenters. The summed E-state index contributed by atoms with van der Waals surface area (Å²) in [5, 5.41) is 3.50. The van der Waals surface area contributed by atoms with Gasteiger partial charge < -0.3 is 9.88 Å². The van der Waals surface area contributed by atoms with Gasteiger partial charge in [-0.1, -0.05) is 12.1 Å². The summed E-state index contributed by atoms with van der Waals surface area (Å²) in [5.41, 5.74) is 5.65. The first-order valence-electron chi connectivity index (χ1n) is 8.28. The third kappa shape index (κ3) is 3.42. The second-order valence-electron chi connectivity index (χ2n) is 5.81. The molecule has 3 nitrogen and oxygen atoms in total. The highest BCUT2D eigenvalue weighted by molar-refractivity contribution is 7.97. The Bertz CT molecular complexity index is 842. The van der Waals surface area contributed by atoms with Crippen LogP contribution in [0.3, 0.4) is 0 Å². The summed E-state index contributed by atoms with van der Waals surface area (Å²) in [4.78, 5) is 4.15. The largest absolute Gasteiger partial charge is 0.371 e. The first kappa shape index (κ1) is 17.5. The van der Waals surface area contributed by atoms with Crippen LogP contribution in [0.4, 0.5) is 10.2 Å². The Labute approximate surface area is 152 Å². The van der Waals surface area contributed by atoms with Crippen LogP contribution in [0.5, 0.6) is 0 Å². The Kier molecular flexibility index (Phi) is 5.43. The van der Waals surface area contributed by atoms with E-state index in [4.69, 9.17) is 0 Å². The van der Waals surface area contributed by atoms with Crippen molar-refractivity contribution in [1.82, 2.24) is 9.55 Å². The molecule has 130 valence electrons. The van der Waals surface area contributed by atoms with E-state index in [9.17, 15) is 4.39 Å². The van der Waals surface area contributed by atoms with E-state index in [1.807, 2.05) is 24.3 Å². The monoisotopic (exact) mass is 355 g/mol. The number of thioether (sulfide) groups is 1. The maximum Gasteiger partial charge on any atom is 0.123 e. The van der Waals surface area contributed by atoms with Gasteiger partial charge in [0.2, 0.25) is 0 Å². The zero-order chi connectivity index (χ0) is 17.8. The Morgan fingerprint density at radius 2 is 1.68 bits per heavy atom. The van der Waals surface area contributed by atoms with E-state index in [1.54, 1.807) is 24.2 Å². The van der Waals surface area contributed by atoms with Crippen LogP contribution in [0.2, 0.25) is 0 Å². The van der Waals surface area contributed by atoms with Crippen LogP contribution in [-0.4, -0.2) is 22.4 Å². The van der Waals surface area contributed by atoms with Gasteiger partial charge in [0.05, 0.1) is 0 Å². The van der Waals surface area contributed by atoms with Gasteiger partial charge in [-0.25, -0.2) is 4.39 Å². The molecule has 5 heteroatoms. The first-order chi connectivity index (χ1) is 12.2. The molecule has 0 aliphatic carbocycles. The Morgan fingerprint density at radius 1 is 1.04 bits per heavy atom. The van der Waals surface area contributed by atoms with Crippen molar-refractivity contribution in [3.63, 3.8) is 0 Å². The van der Waals surface area contributed by atoms with Gasteiger partial charge >= 0.3 is 0 Å². The van der Waals surface area contributed by atoms with Crippen molar-refractivity contribution in [3.05, 3.63) is 60.3 Å². The van der Waals surface area contributed by atoms with E-state index in [2.05, 4.69) is 35.1 Å². The summed E-state index contributed by atoms with van der Waals surface area (Å²) in [6.45, 7) is 2.92. The molecule has 1 N–H and O–H groups in total. The lowest BCUT2D eigenvalue weighted by Gasteiger charge is -2.10. The van der Waals surface area contributed by atoms with Crippen LogP contribution in [0.15, 0.2) is 48.8 Å². The van der Waals surface area contributed by atoms with E-state index in [-0.39, 0.29) is 5.82 Å². The number of halogens is 1. The molecule has 0 saturated carbocycles. The molecule has 0 fully saturated rings. The quantitative estimate of drug-likeness (QED) is 0.660. The molecule has 0 spiro atoms. The van der Waals surface area contributed by atoms with Crippen molar-refractivity contribution in [3.8, 4) is 22.3 Å². The molecule has 0 unspecified atom stereocenters. The number of pyridine rings is 1.